The molecule has 0 spiro atoms. The SMILES string of the molecule is C.C=C/C=C(\C=C/CC)c1cccnc1CNCc1ccccc1.CC. The van der Waals surface area contributed by atoms with Crippen LogP contribution in [-0.4, -0.2) is 4.98 Å². The fourth-order valence-electron chi connectivity index (χ4n) is 2.37. The molecule has 0 atom stereocenters. The van der Waals surface area contributed by atoms with E-state index in [0.29, 0.717) is 0 Å². The Bertz CT molecular complexity index is 670. The summed E-state index contributed by atoms with van der Waals surface area (Å²) < 4.78 is 0. The van der Waals surface area contributed by atoms with Crippen LogP contribution in [0.25, 0.3) is 5.57 Å². The first-order chi connectivity index (χ1) is 12.3. The average Bonchev–Trinajstić information content (AvgIpc) is 2.68. The van der Waals surface area contributed by atoms with Crippen LogP contribution < -0.4 is 5.32 Å². The number of aromatic nitrogens is 1. The third-order valence-corrected chi connectivity index (χ3v) is 3.50. The van der Waals surface area contributed by atoms with E-state index in [9.17, 15) is 0 Å². The van der Waals surface area contributed by atoms with E-state index in [1.807, 2.05) is 44.3 Å². The molecule has 0 radical (unpaired) electrons. The standard InChI is InChI=1S/C21H24N2.C2H6.CH4/c1-3-5-13-19(10-4-2)20-14-9-15-23-21(20)17-22-16-18-11-7-6-8-12-18;1-2;/h4-15,22H,2-3,16-17H2,1H3;1-2H3;1H4/b13-5-,19-10+;;. The van der Waals surface area contributed by atoms with Crippen molar-refractivity contribution in [3.05, 3.63) is 96.4 Å². The van der Waals surface area contributed by atoms with Gasteiger partial charge in [0.25, 0.3) is 0 Å². The van der Waals surface area contributed by atoms with Crippen molar-refractivity contribution in [3.8, 4) is 0 Å². The Balaban J connectivity index is 0.00000201. The van der Waals surface area contributed by atoms with Gasteiger partial charge in [-0.15, -0.1) is 0 Å². The lowest BCUT2D eigenvalue weighted by Crippen LogP contribution is -2.15. The minimum atomic E-state index is 0. The molecule has 1 aromatic carbocycles. The Morgan fingerprint density at radius 1 is 1.08 bits per heavy atom. The largest absolute Gasteiger partial charge is 0.307 e. The third-order valence-electron chi connectivity index (χ3n) is 3.50. The normalized spacial score (nSPS) is 10.7. The molecule has 2 aromatic rings. The van der Waals surface area contributed by atoms with Crippen LogP contribution in [0.15, 0.2) is 79.5 Å². The molecule has 0 saturated carbocycles. The van der Waals surface area contributed by atoms with E-state index in [2.05, 4.69) is 66.3 Å². The maximum Gasteiger partial charge on any atom is 0.0619 e. The van der Waals surface area contributed by atoms with E-state index in [4.69, 9.17) is 0 Å². The fourth-order valence-corrected chi connectivity index (χ4v) is 2.37. The van der Waals surface area contributed by atoms with Crippen LogP contribution in [0, 0.1) is 0 Å². The zero-order valence-corrected chi connectivity index (χ0v) is 15.7. The van der Waals surface area contributed by atoms with Crippen LogP contribution >= 0.6 is 0 Å². The van der Waals surface area contributed by atoms with Gasteiger partial charge in [-0.3, -0.25) is 4.98 Å². The van der Waals surface area contributed by atoms with Crippen molar-refractivity contribution in [2.75, 3.05) is 0 Å². The predicted octanol–water partition coefficient (Wildman–Crippen LogP) is 6.57. The molecule has 0 amide bonds. The van der Waals surface area contributed by atoms with E-state index < -0.39 is 0 Å². The molecule has 1 N–H and O–H groups in total. The zero-order valence-electron chi connectivity index (χ0n) is 15.7. The molecule has 2 rings (SSSR count). The number of hydrogen-bond donors (Lipinski definition) is 1. The summed E-state index contributed by atoms with van der Waals surface area (Å²) in [5.41, 5.74) is 4.62. The summed E-state index contributed by atoms with van der Waals surface area (Å²) in [4.78, 5) is 4.55. The maximum atomic E-state index is 4.55. The first-order valence-corrected chi connectivity index (χ1v) is 9.03. The van der Waals surface area contributed by atoms with Gasteiger partial charge in [0, 0.05) is 24.8 Å². The summed E-state index contributed by atoms with van der Waals surface area (Å²) in [6, 6.07) is 14.5. The monoisotopic (exact) mass is 350 g/mol. The van der Waals surface area contributed by atoms with Gasteiger partial charge in [-0.1, -0.05) is 95.5 Å². The lowest BCUT2D eigenvalue weighted by Gasteiger charge is -2.10. The summed E-state index contributed by atoms with van der Waals surface area (Å²) in [6.07, 6.45) is 11.0. The van der Waals surface area contributed by atoms with Crippen molar-refractivity contribution < 1.29 is 0 Å². The van der Waals surface area contributed by atoms with Gasteiger partial charge in [-0.2, -0.15) is 0 Å². The third kappa shape index (κ3) is 8.09. The first-order valence-electron chi connectivity index (χ1n) is 9.03. The van der Waals surface area contributed by atoms with Crippen molar-refractivity contribution in [2.24, 2.45) is 0 Å². The maximum absolute atomic E-state index is 4.55. The minimum Gasteiger partial charge on any atom is -0.307 e. The second-order valence-electron chi connectivity index (χ2n) is 5.26. The van der Waals surface area contributed by atoms with Crippen molar-refractivity contribution in [1.29, 1.82) is 0 Å². The summed E-state index contributed by atoms with van der Waals surface area (Å²) in [5, 5.41) is 3.47. The molecule has 0 fully saturated rings. The zero-order chi connectivity index (χ0) is 18.3. The van der Waals surface area contributed by atoms with Gasteiger partial charge >= 0.3 is 0 Å². The highest BCUT2D eigenvalue weighted by Gasteiger charge is 2.06. The quantitative estimate of drug-likeness (QED) is 0.545. The number of nitrogens with zero attached hydrogens (tertiary/aromatic N) is 1. The average molecular weight is 351 g/mol. The molecular weight excluding hydrogens is 316 g/mol. The molecule has 0 aliphatic rings. The van der Waals surface area contributed by atoms with Crippen molar-refractivity contribution in [1.82, 2.24) is 10.3 Å². The smallest absolute Gasteiger partial charge is 0.0619 e. The van der Waals surface area contributed by atoms with E-state index in [1.54, 1.807) is 0 Å². The molecule has 0 aliphatic carbocycles. The molecule has 2 heteroatoms. The molecular formula is C24H34N2. The van der Waals surface area contributed by atoms with Crippen LogP contribution in [0.4, 0.5) is 0 Å². The molecule has 0 aliphatic heterocycles. The van der Waals surface area contributed by atoms with Crippen LogP contribution in [0.2, 0.25) is 0 Å². The Morgan fingerprint density at radius 2 is 1.81 bits per heavy atom. The number of rotatable bonds is 8. The van der Waals surface area contributed by atoms with Gasteiger partial charge < -0.3 is 5.32 Å². The van der Waals surface area contributed by atoms with Gasteiger partial charge in [0.05, 0.1) is 5.69 Å². The van der Waals surface area contributed by atoms with Crippen LogP contribution in [0.3, 0.4) is 0 Å². The van der Waals surface area contributed by atoms with Crippen LogP contribution in [0.5, 0.6) is 0 Å². The number of allylic oxidation sites excluding steroid dienone is 5. The molecule has 1 aromatic heterocycles. The van der Waals surface area contributed by atoms with E-state index in [-0.39, 0.29) is 7.43 Å². The summed E-state index contributed by atoms with van der Waals surface area (Å²) in [7, 11) is 0. The molecule has 26 heavy (non-hydrogen) atoms. The van der Waals surface area contributed by atoms with Crippen LogP contribution in [-0.2, 0) is 13.1 Å². The predicted molar refractivity (Wildman–Crippen MR) is 117 cm³/mol. The number of benzene rings is 1. The number of pyridine rings is 1. The summed E-state index contributed by atoms with van der Waals surface area (Å²) >= 11 is 0. The Morgan fingerprint density at radius 3 is 2.46 bits per heavy atom. The Kier molecular flexibility index (Phi) is 13.5. The van der Waals surface area contributed by atoms with E-state index >= 15 is 0 Å². The second-order valence-corrected chi connectivity index (χ2v) is 5.26. The van der Waals surface area contributed by atoms with E-state index in [0.717, 1.165) is 36.3 Å². The van der Waals surface area contributed by atoms with Crippen molar-refractivity contribution in [3.63, 3.8) is 0 Å². The molecule has 0 unspecified atom stereocenters. The van der Waals surface area contributed by atoms with Gasteiger partial charge in [0.15, 0.2) is 0 Å². The van der Waals surface area contributed by atoms with Crippen molar-refractivity contribution in [2.45, 2.75) is 47.7 Å². The van der Waals surface area contributed by atoms with Gasteiger partial charge in [-0.05, 0) is 23.6 Å². The summed E-state index contributed by atoms with van der Waals surface area (Å²) in [5.74, 6) is 0. The van der Waals surface area contributed by atoms with Gasteiger partial charge in [0.2, 0.25) is 0 Å². The summed E-state index contributed by atoms with van der Waals surface area (Å²) in [6.45, 7) is 11.5. The molecule has 2 nitrogen and oxygen atoms in total. The first kappa shape index (κ1) is 23.5. The molecule has 0 bridgehead atoms. The highest BCUT2D eigenvalue weighted by molar-refractivity contribution is 5.76. The Labute approximate surface area is 160 Å². The van der Waals surface area contributed by atoms with Crippen LogP contribution in [0.1, 0.15) is 51.4 Å². The second kappa shape index (κ2) is 14.9. The lowest BCUT2D eigenvalue weighted by molar-refractivity contribution is 0.678. The highest BCUT2D eigenvalue weighted by Crippen LogP contribution is 2.19. The highest BCUT2D eigenvalue weighted by atomic mass is 14.9. The molecule has 140 valence electrons. The van der Waals surface area contributed by atoms with Gasteiger partial charge in [0.1, 0.15) is 0 Å². The molecule has 1 heterocycles. The number of nitrogens with one attached hydrogen (secondary N) is 1. The number of hydrogen-bond acceptors (Lipinski definition) is 2. The van der Waals surface area contributed by atoms with Crippen molar-refractivity contribution >= 4 is 5.57 Å². The minimum absolute atomic E-state index is 0. The van der Waals surface area contributed by atoms with E-state index in [1.165, 1.54) is 5.56 Å². The molecule has 0 saturated heterocycles. The lowest BCUT2D eigenvalue weighted by atomic mass is 10.0. The van der Waals surface area contributed by atoms with Gasteiger partial charge in [-0.25, -0.2) is 0 Å². The Hall–Kier alpha value is -2.45. The topological polar surface area (TPSA) is 24.9 Å². The fraction of sp³-hybridized carbons (Fsp3) is 0.292.